The molecule has 1 unspecified atom stereocenters. The third-order valence-corrected chi connectivity index (χ3v) is 1.97. The highest BCUT2D eigenvalue weighted by Gasteiger charge is 2.30. The highest BCUT2D eigenvalue weighted by molar-refractivity contribution is 6.28. The van der Waals surface area contributed by atoms with Crippen LogP contribution in [0.5, 0.6) is 0 Å². The van der Waals surface area contributed by atoms with E-state index in [1.54, 1.807) is 0 Å². The summed E-state index contributed by atoms with van der Waals surface area (Å²) < 4.78 is 0. The van der Waals surface area contributed by atoms with Crippen LogP contribution in [0.3, 0.4) is 0 Å². The van der Waals surface area contributed by atoms with Crippen molar-refractivity contribution < 1.29 is 14.4 Å². The zero-order valence-corrected chi connectivity index (χ0v) is 7.03. The zero-order chi connectivity index (χ0) is 9.84. The van der Waals surface area contributed by atoms with Gasteiger partial charge in [-0.15, -0.1) is 0 Å². The minimum Gasteiger partial charge on any atom is -0.351 e. The van der Waals surface area contributed by atoms with E-state index in [0.717, 1.165) is 0 Å². The van der Waals surface area contributed by atoms with E-state index >= 15 is 0 Å². The monoisotopic (exact) mass is 185 g/mol. The predicted octanol–water partition coefficient (Wildman–Crippen LogP) is -1.89. The molecule has 0 aromatic heterocycles. The first-order valence-corrected chi connectivity index (χ1v) is 3.92. The molecule has 2 amide bonds. The molecule has 1 heterocycles. The van der Waals surface area contributed by atoms with Crippen LogP contribution >= 0.6 is 0 Å². The molecule has 6 nitrogen and oxygen atoms in total. The molecule has 1 rings (SSSR count). The van der Waals surface area contributed by atoms with Gasteiger partial charge >= 0.3 is 6.03 Å². The zero-order valence-electron chi connectivity index (χ0n) is 7.03. The van der Waals surface area contributed by atoms with Gasteiger partial charge in [0.2, 0.25) is 5.78 Å². The van der Waals surface area contributed by atoms with Crippen molar-refractivity contribution >= 4 is 18.1 Å². The van der Waals surface area contributed by atoms with Gasteiger partial charge < -0.3 is 16.0 Å². The number of aldehydes is 1. The number of hydrogen-bond donors (Lipinski definition) is 2. The Hall–Kier alpha value is -1.43. The van der Waals surface area contributed by atoms with Crippen molar-refractivity contribution in [1.29, 1.82) is 0 Å². The number of nitrogens with zero attached hydrogens (tertiary/aromatic N) is 1. The standard InChI is InChI=1S/C7H11N3O3/c8-7(13)10-2-1-9-3-5(10)6(12)4-11/h4-5,9H,1-3H2,(H2,8,13). The van der Waals surface area contributed by atoms with Gasteiger partial charge in [0.05, 0.1) is 0 Å². The molecular weight excluding hydrogens is 174 g/mol. The van der Waals surface area contributed by atoms with Crippen LogP contribution in [-0.4, -0.2) is 48.7 Å². The fourth-order valence-electron chi connectivity index (χ4n) is 1.30. The maximum atomic E-state index is 11.0. The van der Waals surface area contributed by atoms with Crippen molar-refractivity contribution in [3.8, 4) is 0 Å². The molecule has 0 spiro atoms. The van der Waals surface area contributed by atoms with Gasteiger partial charge in [0.15, 0.2) is 6.29 Å². The van der Waals surface area contributed by atoms with Gasteiger partial charge in [-0.1, -0.05) is 0 Å². The number of nitrogens with two attached hydrogens (primary N) is 1. The molecule has 1 saturated heterocycles. The third-order valence-electron chi connectivity index (χ3n) is 1.97. The fourth-order valence-corrected chi connectivity index (χ4v) is 1.30. The summed E-state index contributed by atoms with van der Waals surface area (Å²) in [5.74, 6) is -0.619. The molecular formula is C7H11N3O3. The van der Waals surface area contributed by atoms with E-state index < -0.39 is 17.9 Å². The number of amides is 2. The summed E-state index contributed by atoms with van der Waals surface area (Å²) in [4.78, 5) is 33.3. The normalized spacial score (nSPS) is 22.5. The molecule has 1 aliphatic rings. The van der Waals surface area contributed by atoms with Crippen molar-refractivity contribution in [2.45, 2.75) is 6.04 Å². The van der Waals surface area contributed by atoms with Crippen LogP contribution in [0.1, 0.15) is 0 Å². The minimum absolute atomic E-state index is 0.216. The number of carbonyl (C=O) groups excluding carboxylic acids is 3. The second kappa shape index (κ2) is 3.99. The Kier molecular flexibility index (Phi) is 2.97. The predicted molar refractivity (Wildman–Crippen MR) is 44.0 cm³/mol. The molecule has 0 saturated carbocycles. The van der Waals surface area contributed by atoms with Crippen molar-refractivity contribution in [1.82, 2.24) is 10.2 Å². The Morgan fingerprint density at radius 1 is 1.54 bits per heavy atom. The van der Waals surface area contributed by atoms with Crippen LogP contribution in [0.4, 0.5) is 4.79 Å². The summed E-state index contributed by atoms with van der Waals surface area (Å²) in [6, 6.07) is -1.40. The van der Waals surface area contributed by atoms with Gasteiger partial charge in [-0.2, -0.15) is 0 Å². The lowest BCUT2D eigenvalue weighted by Crippen LogP contribution is -2.58. The lowest BCUT2D eigenvalue weighted by atomic mass is 10.1. The van der Waals surface area contributed by atoms with Crippen LogP contribution in [0.15, 0.2) is 0 Å². The highest BCUT2D eigenvalue weighted by atomic mass is 16.2. The van der Waals surface area contributed by atoms with Gasteiger partial charge in [0, 0.05) is 19.6 Å². The van der Waals surface area contributed by atoms with Crippen LogP contribution in [0.25, 0.3) is 0 Å². The quantitative estimate of drug-likeness (QED) is 0.388. The van der Waals surface area contributed by atoms with Crippen LogP contribution in [0.2, 0.25) is 0 Å². The topological polar surface area (TPSA) is 92.5 Å². The van der Waals surface area contributed by atoms with Crippen LogP contribution in [-0.2, 0) is 9.59 Å². The third kappa shape index (κ3) is 2.03. The van der Waals surface area contributed by atoms with E-state index in [1.165, 1.54) is 4.90 Å². The molecule has 72 valence electrons. The van der Waals surface area contributed by atoms with E-state index in [4.69, 9.17) is 5.73 Å². The molecule has 1 atom stereocenters. The van der Waals surface area contributed by atoms with Crippen molar-refractivity contribution in [3.63, 3.8) is 0 Å². The van der Waals surface area contributed by atoms with E-state index in [-0.39, 0.29) is 6.29 Å². The number of primary amides is 1. The smallest absolute Gasteiger partial charge is 0.315 e. The largest absolute Gasteiger partial charge is 0.351 e. The maximum absolute atomic E-state index is 11.0. The summed E-state index contributed by atoms with van der Waals surface area (Å²) in [6.45, 7) is 1.24. The average Bonchev–Trinajstić information content (AvgIpc) is 2.16. The molecule has 13 heavy (non-hydrogen) atoms. The van der Waals surface area contributed by atoms with Gasteiger partial charge in [0.25, 0.3) is 0 Å². The second-order valence-electron chi connectivity index (χ2n) is 2.77. The van der Waals surface area contributed by atoms with Crippen molar-refractivity contribution in [3.05, 3.63) is 0 Å². The summed E-state index contributed by atoms with van der Waals surface area (Å²) in [6.07, 6.45) is 0.216. The molecule has 0 aromatic carbocycles. The first-order chi connectivity index (χ1) is 6.16. The van der Waals surface area contributed by atoms with E-state index in [1.807, 2.05) is 0 Å². The SMILES string of the molecule is NC(=O)N1CCNCC1C(=O)C=O. The first kappa shape index (κ1) is 9.66. The maximum Gasteiger partial charge on any atom is 0.315 e. The summed E-state index contributed by atoms with van der Waals surface area (Å²) in [5.41, 5.74) is 5.04. The van der Waals surface area contributed by atoms with Crippen molar-refractivity contribution in [2.24, 2.45) is 5.73 Å². The Bertz CT molecular complexity index is 241. The van der Waals surface area contributed by atoms with E-state index in [2.05, 4.69) is 5.32 Å². The van der Waals surface area contributed by atoms with Gasteiger partial charge in [0.1, 0.15) is 6.04 Å². The molecule has 1 fully saturated rings. The number of Topliss-reactive ketones (excluding diaryl/α,β-unsaturated/α-hetero) is 1. The number of carbonyl (C=O) groups is 3. The second-order valence-corrected chi connectivity index (χ2v) is 2.77. The Labute approximate surface area is 75.1 Å². The molecule has 0 bridgehead atoms. The lowest BCUT2D eigenvalue weighted by molar-refractivity contribution is -0.133. The Morgan fingerprint density at radius 3 is 2.77 bits per heavy atom. The molecule has 1 aliphatic heterocycles. The average molecular weight is 185 g/mol. The van der Waals surface area contributed by atoms with Crippen LogP contribution < -0.4 is 11.1 Å². The Balaban J connectivity index is 2.72. The van der Waals surface area contributed by atoms with Crippen molar-refractivity contribution in [2.75, 3.05) is 19.6 Å². The number of urea groups is 1. The molecule has 6 heteroatoms. The summed E-state index contributed by atoms with van der Waals surface area (Å²) >= 11 is 0. The van der Waals surface area contributed by atoms with E-state index in [9.17, 15) is 14.4 Å². The number of rotatable bonds is 2. The Morgan fingerprint density at radius 2 is 2.23 bits per heavy atom. The summed E-state index contributed by atoms with van der Waals surface area (Å²) in [5, 5.41) is 2.91. The lowest BCUT2D eigenvalue weighted by Gasteiger charge is -2.32. The number of nitrogens with one attached hydrogen (secondary N) is 1. The number of hydrogen-bond acceptors (Lipinski definition) is 4. The summed E-state index contributed by atoms with van der Waals surface area (Å²) in [7, 11) is 0. The van der Waals surface area contributed by atoms with Gasteiger partial charge in [-0.25, -0.2) is 4.79 Å². The molecule has 0 aromatic rings. The van der Waals surface area contributed by atoms with Crippen LogP contribution in [0, 0.1) is 0 Å². The first-order valence-electron chi connectivity index (χ1n) is 3.92. The minimum atomic E-state index is -0.733. The molecule has 0 radical (unpaired) electrons. The molecule has 0 aliphatic carbocycles. The van der Waals surface area contributed by atoms with Gasteiger partial charge in [-0.3, -0.25) is 9.59 Å². The van der Waals surface area contributed by atoms with Gasteiger partial charge in [-0.05, 0) is 0 Å². The van der Waals surface area contributed by atoms with E-state index in [0.29, 0.717) is 19.6 Å². The molecule has 3 N–H and O–H groups in total. The highest BCUT2D eigenvalue weighted by Crippen LogP contribution is 2.02. The number of piperazine rings is 1. The fraction of sp³-hybridized carbons (Fsp3) is 0.571. The number of ketones is 1.